The molecule has 1 aliphatic rings. The Labute approximate surface area is 134 Å². The fourth-order valence-corrected chi connectivity index (χ4v) is 3.39. The van der Waals surface area contributed by atoms with Crippen molar-refractivity contribution in [2.45, 2.75) is 58.5 Å². The Morgan fingerprint density at radius 2 is 1.68 bits per heavy atom. The zero-order chi connectivity index (χ0) is 16.1. The van der Waals surface area contributed by atoms with Crippen LogP contribution in [0, 0.1) is 17.8 Å². The summed E-state index contributed by atoms with van der Waals surface area (Å²) in [4.78, 5) is 12.5. The van der Waals surface area contributed by atoms with Gasteiger partial charge in [-0.1, -0.05) is 51.1 Å². The van der Waals surface area contributed by atoms with Crippen LogP contribution in [-0.2, 0) is 4.79 Å². The lowest BCUT2D eigenvalue weighted by atomic mass is 9.79. The van der Waals surface area contributed by atoms with Crippen molar-refractivity contribution in [2.24, 2.45) is 23.5 Å². The summed E-state index contributed by atoms with van der Waals surface area (Å²) in [6.07, 6.45) is 4.65. The minimum atomic E-state index is -0.242. The predicted molar refractivity (Wildman–Crippen MR) is 91.3 cm³/mol. The lowest BCUT2D eigenvalue weighted by Gasteiger charge is -2.32. The van der Waals surface area contributed by atoms with Gasteiger partial charge in [0, 0.05) is 12.1 Å². The highest BCUT2D eigenvalue weighted by atomic mass is 16.1. The largest absolute Gasteiger partial charge is 0.353 e. The average molecular weight is 302 g/mol. The van der Waals surface area contributed by atoms with E-state index in [1.54, 1.807) is 0 Å². The third kappa shape index (κ3) is 4.33. The predicted octanol–water partition coefficient (Wildman–Crippen LogP) is 3.65. The SMILES string of the molecule is CC(C)C1CCC(NC(=O)C(C)C(N)c2ccccc2)CC1. The molecule has 22 heavy (non-hydrogen) atoms. The van der Waals surface area contributed by atoms with Crippen molar-refractivity contribution >= 4 is 5.91 Å². The van der Waals surface area contributed by atoms with Gasteiger partial charge in [-0.2, -0.15) is 0 Å². The molecule has 3 N–H and O–H groups in total. The van der Waals surface area contributed by atoms with Crippen LogP contribution in [0.2, 0.25) is 0 Å². The van der Waals surface area contributed by atoms with Gasteiger partial charge in [0.15, 0.2) is 0 Å². The van der Waals surface area contributed by atoms with Crippen LogP contribution in [0.3, 0.4) is 0 Å². The molecule has 122 valence electrons. The molecular weight excluding hydrogens is 272 g/mol. The van der Waals surface area contributed by atoms with Crippen LogP contribution in [-0.4, -0.2) is 11.9 Å². The van der Waals surface area contributed by atoms with E-state index >= 15 is 0 Å². The first-order valence-corrected chi connectivity index (χ1v) is 8.60. The van der Waals surface area contributed by atoms with E-state index in [1.165, 1.54) is 12.8 Å². The second-order valence-electron chi connectivity index (χ2n) is 7.09. The number of rotatable bonds is 5. The molecule has 1 aliphatic carbocycles. The van der Waals surface area contributed by atoms with Crippen molar-refractivity contribution < 1.29 is 4.79 Å². The lowest BCUT2D eigenvalue weighted by molar-refractivity contribution is -0.126. The van der Waals surface area contributed by atoms with Gasteiger partial charge in [-0.15, -0.1) is 0 Å². The first-order valence-electron chi connectivity index (χ1n) is 8.60. The van der Waals surface area contributed by atoms with Crippen molar-refractivity contribution in [1.82, 2.24) is 5.32 Å². The molecular formula is C19H30N2O. The monoisotopic (exact) mass is 302 g/mol. The Kier molecular flexibility index (Phi) is 6.01. The summed E-state index contributed by atoms with van der Waals surface area (Å²) in [5.41, 5.74) is 7.27. The van der Waals surface area contributed by atoms with Crippen LogP contribution in [0.5, 0.6) is 0 Å². The van der Waals surface area contributed by atoms with Crippen LogP contribution in [0.4, 0.5) is 0 Å². The molecule has 1 aromatic rings. The molecule has 0 saturated heterocycles. The minimum Gasteiger partial charge on any atom is -0.353 e. The van der Waals surface area contributed by atoms with E-state index in [-0.39, 0.29) is 17.9 Å². The molecule has 2 unspecified atom stereocenters. The van der Waals surface area contributed by atoms with Gasteiger partial charge in [-0.25, -0.2) is 0 Å². The third-order valence-corrected chi connectivity index (χ3v) is 5.20. The molecule has 0 heterocycles. The van der Waals surface area contributed by atoms with E-state index in [0.717, 1.165) is 30.2 Å². The standard InChI is InChI=1S/C19H30N2O/c1-13(2)15-9-11-17(12-10-15)21-19(22)14(3)18(20)16-7-5-4-6-8-16/h4-8,13-15,17-18H,9-12,20H2,1-3H3,(H,21,22). The summed E-state index contributed by atoms with van der Waals surface area (Å²) in [6.45, 7) is 6.52. The molecule has 0 spiro atoms. The van der Waals surface area contributed by atoms with E-state index in [1.807, 2.05) is 37.3 Å². The molecule has 0 aliphatic heterocycles. The normalized spacial score (nSPS) is 24.8. The smallest absolute Gasteiger partial charge is 0.224 e. The Morgan fingerprint density at radius 1 is 1.09 bits per heavy atom. The molecule has 1 aromatic carbocycles. The average Bonchev–Trinajstić information content (AvgIpc) is 2.54. The maximum atomic E-state index is 12.5. The summed E-state index contributed by atoms with van der Waals surface area (Å²) < 4.78 is 0. The van der Waals surface area contributed by atoms with Gasteiger partial charge in [0.1, 0.15) is 0 Å². The molecule has 0 bridgehead atoms. The molecule has 1 saturated carbocycles. The first kappa shape index (κ1) is 17.0. The molecule has 2 rings (SSSR count). The molecule has 0 aromatic heterocycles. The highest BCUT2D eigenvalue weighted by molar-refractivity contribution is 5.79. The minimum absolute atomic E-state index is 0.0874. The van der Waals surface area contributed by atoms with Crippen molar-refractivity contribution in [2.75, 3.05) is 0 Å². The Hall–Kier alpha value is -1.35. The summed E-state index contributed by atoms with van der Waals surface area (Å²) >= 11 is 0. The van der Waals surface area contributed by atoms with Gasteiger partial charge >= 0.3 is 0 Å². The Bertz CT molecular complexity index is 464. The van der Waals surface area contributed by atoms with Crippen molar-refractivity contribution in [3.8, 4) is 0 Å². The molecule has 1 fully saturated rings. The third-order valence-electron chi connectivity index (χ3n) is 5.20. The number of nitrogens with two attached hydrogens (primary N) is 1. The zero-order valence-electron chi connectivity index (χ0n) is 14.1. The van der Waals surface area contributed by atoms with E-state index in [0.29, 0.717) is 6.04 Å². The Balaban J connectivity index is 1.84. The quantitative estimate of drug-likeness (QED) is 0.872. The molecule has 0 radical (unpaired) electrons. The van der Waals surface area contributed by atoms with E-state index in [9.17, 15) is 4.79 Å². The van der Waals surface area contributed by atoms with Crippen LogP contribution < -0.4 is 11.1 Å². The van der Waals surface area contributed by atoms with Gasteiger partial charge in [0.25, 0.3) is 0 Å². The summed E-state index contributed by atoms with van der Waals surface area (Å²) in [7, 11) is 0. The molecule has 1 amide bonds. The molecule has 2 atom stereocenters. The van der Waals surface area contributed by atoms with Gasteiger partial charge in [-0.05, 0) is 43.1 Å². The van der Waals surface area contributed by atoms with Crippen LogP contribution in [0.1, 0.15) is 58.1 Å². The Morgan fingerprint density at radius 3 is 2.23 bits per heavy atom. The summed E-state index contributed by atoms with van der Waals surface area (Å²) in [6, 6.07) is 9.96. The maximum Gasteiger partial charge on any atom is 0.224 e. The molecule has 3 nitrogen and oxygen atoms in total. The number of benzene rings is 1. The number of nitrogens with one attached hydrogen (secondary N) is 1. The van der Waals surface area contributed by atoms with Gasteiger partial charge in [0.05, 0.1) is 5.92 Å². The maximum absolute atomic E-state index is 12.5. The lowest BCUT2D eigenvalue weighted by Crippen LogP contribution is -2.43. The van der Waals surface area contributed by atoms with Crippen molar-refractivity contribution in [3.05, 3.63) is 35.9 Å². The fourth-order valence-electron chi connectivity index (χ4n) is 3.39. The van der Waals surface area contributed by atoms with Crippen LogP contribution >= 0.6 is 0 Å². The van der Waals surface area contributed by atoms with Gasteiger partial charge in [-0.3, -0.25) is 4.79 Å². The number of carbonyl (C=O) groups excluding carboxylic acids is 1. The zero-order valence-corrected chi connectivity index (χ0v) is 14.1. The van der Waals surface area contributed by atoms with Crippen LogP contribution in [0.25, 0.3) is 0 Å². The second-order valence-corrected chi connectivity index (χ2v) is 7.09. The first-order chi connectivity index (χ1) is 10.5. The number of amides is 1. The van der Waals surface area contributed by atoms with Crippen molar-refractivity contribution in [1.29, 1.82) is 0 Å². The van der Waals surface area contributed by atoms with Gasteiger partial charge in [0.2, 0.25) is 5.91 Å². The second kappa shape index (κ2) is 7.77. The topological polar surface area (TPSA) is 55.1 Å². The molecule has 3 heteroatoms. The van der Waals surface area contributed by atoms with Crippen LogP contribution in [0.15, 0.2) is 30.3 Å². The summed E-state index contributed by atoms with van der Waals surface area (Å²) in [5.74, 6) is 1.45. The van der Waals surface area contributed by atoms with Gasteiger partial charge < -0.3 is 11.1 Å². The number of hydrogen-bond donors (Lipinski definition) is 2. The van der Waals surface area contributed by atoms with Crippen molar-refractivity contribution in [3.63, 3.8) is 0 Å². The van der Waals surface area contributed by atoms with E-state index < -0.39 is 0 Å². The summed E-state index contributed by atoms with van der Waals surface area (Å²) in [5, 5.41) is 3.21. The number of hydrogen-bond acceptors (Lipinski definition) is 2. The fraction of sp³-hybridized carbons (Fsp3) is 0.632. The van der Waals surface area contributed by atoms with E-state index in [4.69, 9.17) is 5.73 Å². The van der Waals surface area contributed by atoms with E-state index in [2.05, 4.69) is 19.2 Å². The number of carbonyl (C=O) groups is 1. The highest BCUT2D eigenvalue weighted by Crippen LogP contribution is 2.30. The highest BCUT2D eigenvalue weighted by Gasteiger charge is 2.27.